The molecule has 1 amide bonds. The van der Waals surface area contributed by atoms with Gasteiger partial charge in [-0.25, -0.2) is 4.98 Å². The number of aromatic nitrogens is 2. The third kappa shape index (κ3) is 6.53. The lowest BCUT2D eigenvalue weighted by Crippen LogP contribution is -2.63. The van der Waals surface area contributed by atoms with Crippen LogP contribution in [0.4, 0.5) is 0 Å². The van der Waals surface area contributed by atoms with Gasteiger partial charge < -0.3 is 9.47 Å². The van der Waals surface area contributed by atoms with E-state index in [0.29, 0.717) is 0 Å². The molecule has 2 aromatic carbocycles. The molecule has 1 spiro atoms. The molecule has 5 nitrogen and oxygen atoms in total. The number of carbonyl (C=O) groups excluding carboxylic acids is 1. The number of carbonyl (C=O) groups is 1. The second kappa shape index (κ2) is 12.9. The standard InChI is InChI=1S/C25H30N4O.C6H16Si/c1-27-16-21(26-19-27)17-29-15-14-28(18-25(29)12-5-2-6-13-25)24(30)23-11-7-9-20-8-3-4-10-22(20)23;1-4-7(5-2)6-3/h3-4,7-11,16,19H,2,5-6,12-15,17-18H2,1H3;7H,4-6H2,1-3H3. The molecule has 200 valence electrons. The summed E-state index contributed by atoms with van der Waals surface area (Å²) in [5.74, 6) is 0.175. The van der Waals surface area contributed by atoms with Gasteiger partial charge in [0, 0.05) is 59.3 Å². The van der Waals surface area contributed by atoms with Crippen LogP contribution >= 0.6 is 0 Å². The zero-order valence-electron chi connectivity index (χ0n) is 23.5. The lowest BCUT2D eigenvalue weighted by Gasteiger charge is -2.52. The first-order valence-electron chi connectivity index (χ1n) is 14.5. The second-order valence-electron chi connectivity index (χ2n) is 11.1. The average Bonchev–Trinajstić information content (AvgIpc) is 3.35. The zero-order chi connectivity index (χ0) is 26.3. The molecule has 0 N–H and O–H groups in total. The van der Waals surface area contributed by atoms with E-state index < -0.39 is 0 Å². The van der Waals surface area contributed by atoms with E-state index in [2.05, 4.69) is 60.0 Å². The van der Waals surface area contributed by atoms with Crippen LogP contribution in [0.3, 0.4) is 0 Å². The number of hydrogen-bond donors (Lipinski definition) is 0. The minimum absolute atomic E-state index is 0.0776. The van der Waals surface area contributed by atoms with Gasteiger partial charge in [-0.3, -0.25) is 9.69 Å². The number of nitrogens with zero attached hydrogens (tertiary/aromatic N) is 4. The zero-order valence-corrected chi connectivity index (χ0v) is 24.6. The van der Waals surface area contributed by atoms with Crippen LogP contribution < -0.4 is 0 Å². The van der Waals surface area contributed by atoms with Crippen molar-refractivity contribution in [3.05, 3.63) is 66.2 Å². The van der Waals surface area contributed by atoms with E-state index in [9.17, 15) is 4.79 Å². The molecule has 2 fully saturated rings. The maximum Gasteiger partial charge on any atom is 0.254 e. The quantitative estimate of drug-likeness (QED) is 0.349. The van der Waals surface area contributed by atoms with Crippen molar-refractivity contribution in [3.8, 4) is 0 Å². The van der Waals surface area contributed by atoms with E-state index in [4.69, 9.17) is 0 Å². The molecule has 5 rings (SSSR count). The van der Waals surface area contributed by atoms with Crippen molar-refractivity contribution in [2.24, 2.45) is 7.05 Å². The molecule has 1 aromatic heterocycles. The predicted molar refractivity (Wildman–Crippen MR) is 158 cm³/mol. The summed E-state index contributed by atoms with van der Waals surface area (Å²) in [6.45, 7) is 10.3. The van der Waals surface area contributed by atoms with Gasteiger partial charge >= 0.3 is 0 Å². The van der Waals surface area contributed by atoms with Crippen molar-refractivity contribution in [2.45, 2.75) is 83.1 Å². The van der Waals surface area contributed by atoms with E-state index >= 15 is 0 Å². The van der Waals surface area contributed by atoms with Crippen LogP contribution in [-0.4, -0.2) is 59.2 Å². The third-order valence-electron chi connectivity index (χ3n) is 8.73. The van der Waals surface area contributed by atoms with Crippen molar-refractivity contribution in [2.75, 3.05) is 19.6 Å². The van der Waals surface area contributed by atoms with Gasteiger partial charge in [-0.15, -0.1) is 0 Å². The number of benzene rings is 2. The number of imidazole rings is 1. The molecule has 0 unspecified atom stereocenters. The molecule has 2 heterocycles. The van der Waals surface area contributed by atoms with E-state index in [1.165, 1.54) is 50.2 Å². The molecule has 0 radical (unpaired) electrons. The summed E-state index contributed by atoms with van der Waals surface area (Å²) in [6.07, 6.45) is 10.1. The predicted octanol–water partition coefficient (Wildman–Crippen LogP) is 6.51. The highest BCUT2D eigenvalue weighted by atomic mass is 28.3. The summed E-state index contributed by atoms with van der Waals surface area (Å²) < 4.78 is 2.02. The Labute approximate surface area is 225 Å². The maximum absolute atomic E-state index is 13.6. The van der Waals surface area contributed by atoms with Gasteiger partial charge in [0.25, 0.3) is 5.91 Å². The molecular weight excluding hydrogens is 472 g/mol. The third-order valence-corrected chi connectivity index (χ3v) is 12.2. The van der Waals surface area contributed by atoms with E-state index in [-0.39, 0.29) is 20.2 Å². The fraction of sp³-hybridized carbons (Fsp3) is 0.548. The first-order valence-corrected chi connectivity index (χ1v) is 16.9. The highest BCUT2D eigenvalue weighted by molar-refractivity contribution is 6.58. The smallest absolute Gasteiger partial charge is 0.254 e. The summed E-state index contributed by atoms with van der Waals surface area (Å²) in [6, 6.07) is 18.8. The monoisotopic (exact) mass is 518 g/mol. The minimum Gasteiger partial charge on any atom is -0.340 e. The Hall–Kier alpha value is -2.44. The van der Waals surface area contributed by atoms with E-state index in [0.717, 1.165) is 48.2 Å². The SMILES string of the molecule is CC[SiH](CC)CC.Cn1cnc(CN2CCN(C(=O)c3cccc4ccccc34)CC23CCCCC3)c1. The molecule has 1 saturated heterocycles. The molecule has 2 aliphatic rings. The lowest BCUT2D eigenvalue weighted by atomic mass is 9.78. The maximum atomic E-state index is 13.6. The van der Waals surface area contributed by atoms with E-state index in [1.54, 1.807) is 0 Å². The van der Waals surface area contributed by atoms with Crippen LogP contribution in [-0.2, 0) is 13.6 Å². The topological polar surface area (TPSA) is 41.4 Å². The minimum atomic E-state index is -0.171. The summed E-state index contributed by atoms with van der Waals surface area (Å²) in [5.41, 5.74) is 2.03. The molecular formula is C31H46N4OSi. The highest BCUT2D eigenvalue weighted by Gasteiger charge is 2.43. The molecule has 3 aromatic rings. The number of amides is 1. The normalized spacial score (nSPS) is 17.7. The average molecular weight is 519 g/mol. The number of hydrogen-bond acceptors (Lipinski definition) is 3. The Morgan fingerprint density at radius 3 is 2.30 bits per heavy atom. The van der Waals surface area contributed by atoms with Gasteiger partial charge in [0.05, 0.1) is 12.0 Å². The number of rotatable bonds is 6. The van der Waals surface area contributed by atoms with Crippen LogP contribution in [0.1, 0.15) is 68.9 Å². The molecule has 0 bridgehead atoms. The van der Waals surface area contributed by atoms with Crippen molar-refractivity contribution in [1.29, 1.82) is 0 Å². The fourth-order valence-electron chi connectivity index (χ4n) is 6.31. The van der Waals surface area contributed by atoms with Crippen molar-refractivity contribution < 1.29 is 4.79 Å². The molecule has 37 heavy (non-hydrogen) atoms. The summed E-state index contributed by atoms with van der Waals surface area (Å²) >= 11 is 0. The van der Waals surface area contributed by atoms with Crippen molar-refractivity contribution in [3.63, 3.8) is 0 Å². The first-order chi connectivity index (χ1) is 18.0. The van der Waals surface area contributed by atoms with Gasteiger partial charge in [-0.2, -0.15) is 0 Å². The largest absolute Gasteiger partial charge is 0.340 e. The second-order valence-corrected chi connectivity index (χ2v) is 15.3. The fourth-order valence-corrected chi connectivity index (χ4v) is 8.04. The van der Waals surface area contributed by atoms with Gasteiger partial charge in [0.2, 0.25) is 0 Å². The van der Waals surface area contributed by atoms with Crippen molar-refractivity contribution in [1.82, 2.24) is 19.4 Å². The lowest BCUT2D eigenvalue weighted by molar-refractivity contribution is -0.0257. The first kappa shape index (κ1) is 27.6. The van der Waals surface area contributed by atoms with E-state index in [1.807, 2.05) is 42.2 Å². The molecule has 1 saturated carbocycles. The Balaban J connectivity index is 0.000000405. The summed E-state index contributed by atoms with van der Waals surface area (Å²) in [5, 5.41) is 2.18. The Kier molecular flexibility index (Phi) is 9.60. The molecule has 0 atom stereocenters. The van der Waals surface area contributed by atoms with Gasteiger partial charge in [0.15, 0.2) is 0 Å². The Bertz CT molecular complexity index is 1140. The number of aryl methyl sites for hydroxylation is 1. The summed E-state index contributed by atoms with van der Waals surface area (Å²) in [4.78, 5) is 22.9. The van der Waals surface area contributed by atoms with Gasteiger partial charge in [-0.1, -0.05) is 94.6 Å². The Morgan fingerprint density at radius 1 is 0.946 bits per heavy atom. The number of fused-ring (bicyclic) bond motifs is 1. The highest BCUT2D eigenvalue weighted by Crippen LogP contribution is 2.38. The van der Waals surface area contributed by atoms with Gasteiger partial charge in [-0.05, 0) is 29.7 Å². The van der Waals surface area contributed by atoms with Crippen LogP contribution in [0.25, 0.3) is 10.8 Å². The molecule has 6 heteroatoms. The summed E-state index contributed by atoms with van der Waals surface area (Å²) in [7, 11) is 1.85. The van der Waals surface area contributed by atoms with Gasteiger partial charge in [0.1, 0.15) is 0 Å². The number of piperazine rings is 1. The molecule has 1 aliphatic heterocycles. The van der Waals surface area contributed by atoms with Crippen LogP contribution in [0.15, 0.2) is 55.0 Å². The Morgan fingerprint density at radius 2 is 1.65 bits per heavy atom. The van der Waals surface area contributed by atoms with Crippen LogP contribution in [0, 0.1) is 0 Å². The molecule has 1 aliphatic carbocycles. The van der Waals surface area contributed by atoms with Crippen LogP contribution in [0.5, 0.6) is 0 Å². The van der Waals surface area contributed by atoms with Crippen LogP contribution in [0.2, 0.25) is 18.1 Å². The van der Waals surface area contributed by atoms with Crippen molar-refractivity contribution >= 4 is 25.5 Å².